The predicted octanol–water partition coefficient (Wildman–Crippen LogP) is 3.63. The van der Waals surface area contributed by atoms with E-state index >= 15 is 0 Å². The van der Waals surface area contributed by atoms with Gasteiger partial charge in [-0.15, -0.1) is 0 Å². The van der Waals surface area contributed by atoms with E-state index in [4.69, 9.17) is 4.52 Å². The maximum absolute atomic E-state index is 13.0. The Balaban J connectivity index is 1.52. The van der Waals surface area contributed by atoms with Gasteiger partial charge in [0.25, 0.3) is 11.6 Å². The number of hydrogen-bond acceptors (Lipinski definition) is 7. The highest BCUT2D eigenvalue weighted by Gasteiger charge is 2.49. The molecular formula is C20H14F3N5O5. The molecule has 1 aromatic heterocycles. The number of carbonyl (C=O) groups is 2. The Morgan fingerprint density at radius 2 is 1.76 bits per heavy atom. The molecule has 1 aliphatic heterocycles. The number of nitro groups is 1. The van der Waals surface area contributed by atoms with E-state index in [1.165, 1.54) is 43.3 Å². The Morgan fingerprint density at radius 1 is 1.12 bits per heavy atom. The number of nitrogens with one attached hydrogen (secondary N) is 1. The molecule has 1 N–H and O–H groups in total. The summed E-state index contributed by atoms with van der Waals surface area (Å²) in [5.74, 6) is -0.763. The molecule has 1 aliphatic rings. The number of imide groups is 1. The molecule has 1 unspecified atom stereocenters. The zero-order valence-electron chi connectivity index (χ0n) is 16.8. The van der Waals surface area contributed by atoms with Crippen molar-refractivity contribution in [3.05, 3.63) is 75.7 Å². The molecule has 3 aromatic rings. The van der Waals surface area contributed by atoms with Crippen molar-refractivity contribution in [2.75, 3.05) is 0 Å². The van der Waals surface area contributed by atoms with Gasteiger partial charge in [-0.1, -0.05) is 17.3 Å². The number of urea groups is 1. The lowest BCUT2D eigenvalue weighted by Gasteiger charge is -2.21. The monoisotopic (exact) mass is 461 g/mol. The number of alkyl halides is 3. The van der Waals surface area contributed by atoms with Crippen LogP contribution >= 0.6 is 0 Å². The van der Waals surface area contributed by atoms with E-state index in [2.05, 4.69) is 15.5 Å². The minimum Gasteiger partial charge on any atom is -0.337 e. The highest BCUT2D eigenvalue weighted by molar-refractivity contribution is 6.07. The van der Waals surface area contributed by atoms with Gasteiger partial charge in [0.05, 0.1) is 10.5 Å². The second-order valence-electron chi connectivity index (χ2n) is 7.34. The number of hydrogen-bond donors (Lipinski definition) is 1. The Labute approximate surface area is 183 Å². The summed E-state index contributed by atoms with van der Waals surface area (Å²) >= 11 is 0. The maximum Gasteiger partial charge on any atom is 0.416 e. The lowest BCUT2D eigenvalue weighted by Crippen LogP contribution is -2.40. The molecule has 170 valence electrons. The lowest BCUT2D eigenvalue weighted by molar-refractivity contribution is -0.384. The fourth-order valence-electron chi connectivity index (χ4n) is 3.33. The minimum absolute atomic E-state index is 0.0103. The van der Waals surface area contributed by atoms with Crippen LogP contribution in [0.1, 0.15) is 23.9 Å². The summed E-state index contributed by atoms with van der Waals surface area (Å²) in [6.45, 7) is 1.08. The number of nitro benzene ring substituents is 1. The average Bonchev–Trinajstić information content (AvgIpc) is 3.32. The van der Waals surface area contributed by atoms with Crippen molar-refractivity contribution in [1.82, 2.24) is 20.4 Å². The SMILES string of the molecule is CC1(c2ccc([N+](=O)[O-])cc2)NC(=O)N(Cc2nc(-c3ccc(C(F)(F)F)cc3)no2)C1=O. The molecule has 0 aliphatic carbocycles. The molecule has 0 radical (unpaired) electrons. The third-order valence-corrected chi connectivity index (χ3v) is 5.16. The smallest absolute Gasteiger partial charge is 0.337 e. The van der Waals surface area contributed by atoms with E-state index in [0.29, 0.717) is 5.56 Å². The van der Waals surface area contributed by atoms with Gasteiger partial charge in [0.1, 0.15) is 12.1 Å². The van der Waals surface area contributed by atoms with Crippen molar-refractivity contribution in [1.29, 1.82) is 0 Å². The largest absolute Gasteiger partial charge is 0.416 e. The van der Waals surface area contributed by atoms with E-state index in [0.717, 1.165) is 17.0 Å². The van der Waals surface area contributed by atoms with Gasteiger partial charge in [0.2, 0.25) is 11.7 Å². The maximum atomic E-state index is 13.0. The fraction of sp³-hybridized carbons (Fsp3) is 0.200. The number of aromatic nitrogens is 2. The second kappa shape index (κ2) is 7.69. The molecule has 2 heterocycles. The van der Waals surface area contributed by atoms with Gasteiger partial charge >= 0.3 is 12.2 Å². The molecule has 3 amide bonds. The van der Waals surface area contributed by atoms with Crippen molar-refractivity contribution in [3.63, 3.8) is 0 Å². The van der Waals surface area contributed by atoms with Crippen molar-refractivity contribution in [3.8, 4) is 11.4 Å². The van der Waals surface area contributed by atoms with E-state index in [9.17, 15) is 32.9 Å². The van der Waals surface area contributed by atoms with Crippen LogP contribution in [0.4, 0.5) is 23.7 Å². The van der Waals surface area contributed by atoms with Crippen LogP contribution in [-0.2, 0) is 23.1 Å². The molecular weight excluding hydrogens is 447 g/mol. The number of amides is 3. The van der Waals surface area contributed by atoms with Crippen LogP contribution in [0, 0.1) is 10.1 Å². The van der Waals surface area contributed by atoms with Crippen molar-refractivity contribution >= 4 is 17.6 Å². The molecule has 13 heteroatoms. The Morgan fingerprint density at radius 3 is 2.33 bits per heavy atom. The van der Waals surface area contributed by atoms with E-state index in [-0.39, 0.29) is 29.5 Å². The minimum atomic E-state index is -4.49. The summed E-state index contributed by atoms with van der Waals surface area (Å²) in [4.78, 5) is 40.6. The lowest BCUT2D eigenvalue weighted by atomic mass is 9.92. The van der Waals surface area contributed by atoms with Gasteiger partial charge in [-0.25, -0.2) is 4.79 Å². The first kappa shape index (κ1) is 21.9. The molecule has 2 aromatic carbocycles. The molecule has 0 bridgehead atoms. The van der Waals surface area contributed by atoms with Gasteiger partial charge in [0.15, 0.2) is 0 Å². The third kappa shape index (κ3) is 4.00. The highest BCUT2D eigenvalue weighted by atomic mass is 19.4. The van der Waals surface area contributed by atoms with Crippen LogP contribution in [0.25, 0.3) is 11.4 Å². The summed E-state index contributed by atoms with van der Waals surface area (Å²) in [6.07, 6.45) is -4.49. The number of carbonyl (C=O) groups excluding carboxylic acids is 2. The fourth-order valence-corrected chi connectivity index (χ4v) is 3.33. The molecule has 0 saturated carbocycles. The second-order valence-corrected chi connectivity index (χ2v) is 7.34. The van der Waals surface area contributed by atoms with Gasteiger partial charge in [-0.2, -0.15) is 18.2 Å². The van der Waals surface area contributed by atoms with Gasteiger partial charge in [-0.3, -0.25) is 19.8 Å². The van der Waals surface area contributed by atoms with E-state index in [1.807, 2.05) is 0 Å². The first-order valence-corrected chi connectivity index (χ1v) is 9.38. The molecule has 4 rings (SSSR count). The third-order valence-electron chi connectivity index (χ3n) is 5.16. The van der Waals surface area contributed by atoms with Crippen LogP contribution in [0.5, 0.6) is 0 Å². The highest BCUT2D eigenvalue weighted by Crippen LogP contribution is 2.32. The van der Waals surface area contributed by atoms with Crippen molar-refractivity contribution in [2.24, 2.45) is 0 Å². The standard InChI is InChI=1S/C20H14F3N5O5/c1-19(12-6-8-14(9-7-12)28(31)32)17(29)27(18(30)25-19)10-15-24-16(26-33-15)11-2-4-13(5-3-11)20(21,22)23/h2-9H,10H2,1H3,(H,25,30). The normalized spacial score (nSPS) is 18.5. The molecule has 1 atom stereocenters. The topological polar surface area (TPSA) is 131 Å². The number of non-ortho nitro benzene ring substituents is 1. The van der Waals surface area contributed by atoms with E-state index in [1.54, 1.807) is 0 Å². The first-order valence-electron chi connectivity index (χ1n) is 9.38. The van der Waals surface area contributed by atoms with Crippen molar-refractivity contribution < 1.29 is 32.2 Å². The van der Waals surface area contributed by atoms with Crippen LogP contribution in [-0.4, -0.2) is 31.9 Å². The van der Waals surface area contributed by atoms with Crippen LogP contribution < -0.4 is 5.32 Å². The van der Waals surface area contributed by atoms with Gasteiger partial charge < -0.3 is 9.84 Å². The van der Waals surface area contributed by atoms with Crippen molar-refractivity contribution in [2.45, 2.75) is 25.2 Å². The first-order chi connectivity index (χ1) is 15.5. The summed E-state index contributed by atoms with van der Waals surface area (Å²) in [5, 5.41) is 17.1. The number of nitrogens with zero attached hydrogens (tertiary/aromatic N) is 4. The molecule has 1 fully saturated rings. The quantitative estimate of drug-likeness (QED) is 0.349. The zero-order chi connectivity index (χ0) is 24.0. The summed E-state index contributed by atoms with van der Waals surface area (Å²) in [5.41, 5.74) is -1.88. The number of benzene rings is 2. The van der Waals surface area contributed by atoms with Crippen LogP contribution in [0.2, 0.25) is 0 Å². The van der Waals surface area contributed by atoms with Crippen LogP contribution in [0.3, 0.4) is 0 Å². The van der Waals surface area contributed by atoms with Gasteiger partial charge in [0, 0.05) is 17.7 Å². The molecule has 1 saturated heterocycles. The summed E-state index contributed by atoms with van der Waals surface area (Å²) < 4.78 is 43.2. The molecule has 0 spiro atoms. The number of halogens is 3. The average molecular weight is 461 g/mol. The molecule has 33 heavy (non-hydrogen) atoms. The Hall–Kier alpha value is -4.29. The Bertz CT molecular complexity index is 1240. The number of rotatable bonds is 5. The van der Waals surface area contributed by atoms with E-state index < -0.39 is 34.1 Å². The summed E-state index contributed by atoms with van der Waals surface area (Å²) in [7, 11) is 0. The van der Waals surface area contributed by atoms with Gasteiger partial charge in [-0.05, 0) is 36.8 Å². The molecule has 10 nitrogen and oxygen atoms in total. The zero-order valence-corrected chi connectivity index (χ0v) is 16.8. The van der Waals surface area contributed by atoms with Crippen LogP contribution in [0.15, 0.2) is 53.1 Å². The predicted molar refractivity (Wildman–Crippen MR) is 104 cm³/mol. The Kier molecular flexibility index (Phi) is 5.11. The summed E-state index contributed by atoms with van der Waals surface area (Å²) in [6, 6.07) is 8.54.